The number of rotatable bonds is 2. The maximum atomic E-state index is 13.4. The summed E-state index contributed by atoms with van der Waals surface area (Å²) >= 11 is 0. The van der Waals surface area contributed by atoms with Crippen LogP contribution >= 0.6 is 0 Å². The standard InChI is InChI=1S/C10H9FN2O/c11-7-2-1-3-8-10(7)6(5-13-8)4-9(12)14/h1-3,5,13H,4H2,(H2,12,14). The first-order valence-electron chi connectivity index (χ1n) is 4.21. The lowest BCUT2D eigenvalue weighted by atomic mass is 10.1. The molecule has 0 atom stereocenters. The Bertz CT molecular complexity index is 490. The van der Waals surface area contributed by atoms with Crippen molar-refractivity contribution in [3.63, 3.8) is 0 Å². The van der Waals surface area contributed by atoms with Crippen LogP contribution in [0.3, 0.4) is 0 Å². The first kappa shape index (κ1) is 8.74. The Morgan fingerprint density at radius 2 is 2.29 bits per heavy atom. The summed E-state index contributed by atoms with van der Waals surface area (Å²) < 4.78 is 13.4. The largest absolute Gasteiger partial charge is 0.369 e. The van der Waals surface area contributed by atoms with Gasteiger partial charge in [-0.1, -0.05) is 6.07 Å². The zero-order valence-corrected chi connectivity index (χ0v) is 7.38. The summed E-state index contributed by atoms with van der Waals surface area (Å²) in [7, 11) is 0. The lowest BCUT2D eigenvalue weighted by Crippen LogP contribution is -2.13. The number of carbonyl (C=O) groups excluding carboxylic acids is 1. The van der Waals surface area contributed by atoms with Crippen LogP contribution in [0.5, 0.6) is 0 Å². The van der Waals surface area contributed by atoms with E-state index in [0.29, 0.717) is 16.5 Å². The van der Waals surface area contributed by atoms with E-state index in [4.69, 9.17) is 5.73 Å². The molecule has 0 spiro atoms. The van der Waals surface area contributed by atoms with Gasteiger partial charge in [0.25, 0.3) is 0 Å². The quantitative estimate of drug-likeness (QED) is 0.741. The van der Waals surface area contributed by atoms with E-state index >= 15 is 0 Å². The molecule has 0 aliphatic heterocycles. The molecule has 1 aromatic heterocycles. The summed E-state index contributed by atoms with van der Waals surface area (Å²) in [5.41, 5.74) is 6.33. The monoisotopic (exact) mass is 192 g/mol. The Kier molecular flexibility index (Phi) is 1.96. The Labute approximate surface area is 79.7 Å². The highest BCUT2D eigenvalue weighted by atomic mass is 19.1. The zero-order valence-electron chi connectivity index (χ0n) is 7.38. The molecule has 1 aromatic carbocycles. The minimum absolute atomic E-state index is 0.0565. The van der Waals surface area contributed by atoms with E-state index in [9.17, 15) is 9.18 Å². The van der Waals surface area contributed by atoms with E-state index in [-0.39, 0.29) is 12.2 Å². The Morgan fingerprint density at radius 3 is 3.00 bits per heavy atom. The van der Waals surface area contributed by atoms with Crippen LogP contribution < -0.4 is 5.73 Å². The number of amides is 1. The van der Waals surface area contributed by atoms with Gasteiger partial charge in [0.1, 0.15) is 5.82 Å². The number of carbonyl (C=O) groups is 1. The number of primary amides is 1. The van der Waals surface area contributed by atoms with Gasteiger partial charge < -0.3 is 10.7 Å². The van der Waals surface area contributed by atoms with Gasteiger partial charge in [-0.2, -0.15) is 0 Å². The fourth-order valence-electron chi connectivity index (χ4n) is 1.53. The van der Waals surface area contributed by atoms with Gasteiger partial charge in [0.05, 0.1) is 6.42 Å². The highest BCUT2D eigenvalue weighted by Gasteiger charge is 2.09. The van der Waals surface area contributed by atoms with Gasteiger partial charge in [0, 0.05) is 17.1 Å². The molecule has 0 saturated carbocycles. The number of nitrogens with two attached hydrogens (primary N) is 1. The van der Waals surface area contributed by atoms with Gasteiger partial charge in [-0.3, -0.25) is 4.79 Å². The summed E-state index contributed by atoms with van der Waals surface area (Å²) in [6.07, 6.45) is 1.67. The van der Waals surface area contributed by atoms with Crippen LogP contribution in [0.4, 0.5) is 4.39 Å². The van der Waals surface area contributed by atoms with E-state index in [1.807, 2.05) is 0 Å². The number of halogens is 1. The number of H-pyrrole nitrogens is 1. The van der Waals surface area contributed by atoms with Crippen LogP contribution in [-0.4, -0.2) is 10.9 Å². The first-order chi connectivity index (χ1) is 6.68. The highest BCUT2D eigenvalue weighted by molar-refractivity contribution is 5.88. The van der Waals surface area contributed by atoms with Gasteiger partial charge >= 0.3 is 0 Å². The molecule has 2 rings (SSSR count). The summed E-state index contributed by atoms with van der Waals surface area (Å²) in [6.45, 7) is 0. The lowest BCUT2D eigenvalue weighted by molar-refractivity contribution is -0.117. The summed E-state index contributed by atoms with van der Waals surface area (Å²) in [6, 6.07) is 4.73. The molecule has 0 saturated heterocycles. The molecule has 0 fully saturated rings. The van der Waals surface area contributed by atoms with Crippen LogP contribution in [0.25, 0.3) is 10.9 Å². The van der Waals surface area contributed by atoms with Crippen molar-refractivity contribution in [3.8, 4) is 0 Å². The molecule has 0 aliphatic carbocycles. The lowest BCUT2D eigenvalue weighted by Gasteiger charge is -1.96. The van der Waals surface area contributed by atoms with Gasteiger partial charge in [0.2, 0.25) is 5.91 Å². The third-order valence-corrected chi connectivity index (χ3v) is 2.10. The fourth-order valence-corrected chi connectivity index (χ4v) is 1.53. The van der Waals surface area contributed by atoms with Crippen molar-refractivity contribution in [2.24, 2.45) is 5.73 Å². The van der Waals surface area contributed by atoms with E-state index in [2.05, 4.69) is 4.98 Å². The third-order valence-electron chi connectivity index (χ3n) is 2.10. The number of nitrogens with one attached hydrogen (secondary N) is 1. The van der Waals surface area contributed by atoms with Crippen molar-refractivity contribution in [2.75, 3.05) is 0 Å². The maximum absolute atomic E-state index is 13.4. The summed E-state index contributed by atoms with van der Waals surface area (Å²) in [4.78, 5) is 13.6. The molecule has 14 heavy (non-hydrogen) atoms. The van der Waals surface area contributed by atoms with E-state index < -0.39 is 5.91 Å². The average Bonchev–Trinajstić information content (AvgIpc) is 2.49. The second-order valence-electron chi connectivity index (χ2n) is 3.12. The number of aromatic amines is 1. The molecular formula is C10H9FN2O. The van der Waals surface area contributed by atoms with Crippen molar-refractivity contribution in [3.05, 3.63) is 35.8 Å². The van der Waals surface area contributed by atoms with Gasteiger partial charge in [0.15, 0.2) is 0 Å². The molecule has 2 aromatic rings. The van der Waals surface area contributed by atoms with Crippen molar-refractivity contribution < 1.29 is 9.18 Å². The minimum atomic E-state index is -0.464. The molecule has 0 unspecified atom stereocenters. The highest BCUT2D eigenvalue weighted by Crippen LogP contribution is 2.21. The smallest absolute Gasteiger partial charge is 0.221 e. The van der Waals surface area contributed by atoms with Crippen LogP contribution in [0.1, 0.15) is 5.56 Å². The number of fused-ring (bicyclic) bond motifs is 1. The van der Waals surface area contributed by atoms with Crippen LogP contribution in [0, 0.1) is 5.82 Å². The van der Waals surface area contributed by atoms with Crippen molar-refractivity contribution in [2.45, 2.75) is 6.42 Å². The van der Waals surface area contributed by atoms with Crippen LogP contribution in [0.2, 0.25) is 0 Å². The minimum Gasteiger partial charge on any atom is -0.369 e. The van der Waals surface area contributed by atoms with Gasteiger partial charge in [-0.15, -0.1) is 0 Å². The third kappa shape index (κ3) is 1.35. The second kappa shape index (κ2) is 3.14. The van der Waals surface area contributed by atoms with Crippen molar-refractivity contribution in [1.82, 2.24) is 4.98 Å². The normalized spacial score (nSPS) is 10.6. The predicted molar refractivity (Wildman–Crippen MR) is 51.2 cm³/mol. The molecule has 1 amide bonds. The van der Waals surface area contributed by atoms with Crippen LogP contribution in [-0.2, 0) is 11.2 Å². The Morgan fingerprint density at radius 1 is 1.50 bits per heavy atom. The summed E-state index contributed by atoms with van der Waals surface area (Å²) in [5.74, 6) is -0.797. The second-order valence-corrected chi connectivity index (χ2v) is 3.12. The maximum Gasteiger partial charge on any atom is 0.221 e. The van der Waals surface area contributed by atoms with Crippen molar-refractivity contribution >= 4 is 16.8 Å². The number of benzene rings is 1. The fraction of sp³-hybridized carbons (Fsp3) is 0.100. The van der Waals surface area contributed by atoms with Gasteiger partial charge in [-0.25, -0.2) is 4.39 Å². The molecule has 3 N–H and O–H groups in total. The number of hydrogen-bond acceptors (Lipinski definition) is 1. The number of aromatic nitrogens is 1. The summed E-state index contributed by atoms with van der Waals surface area (Å²) in [5, 5.41) is 0.450. The zero-order chi connectivity index (χ0) is 10.1. The van der Waals surface area contributed by atoms with Crippen molar-refractivity contribution in [1.29, 1.82) is 0 Å². The average molecular weight is 192 g/mol. The molecule has 3 nitrogen and oxygen atoms in total. The molecule has 0 radical (unpaired) electrons. The Balaban J connectivity index is 2.61. The SMILES string of the molecule is NC(=O)Cc1c[nH]c2cccc(F)c12. The molecule has 1 heterocycles. The Hall–Kier alpha value is -1.84. The molecular weight excluding hydrogens is 183 g/mol. The molecule has 0 bridgehead atoms. The van der Waals surface area contributed by atoms with E-state index in [1.54, 1.807) is 18.3 Å². The molecule has 72 valence electrons. The predicted octanol–water partition coefficient (Wildman–Crippen LogP) is 1.33. The van der Waals surface area contributed by atoms with E-state index in [0.717, 1.165) is 0 Å². The first-order valence-corrected chi connectivity index (χ1v) is 4.21. The molecule has 4 heteroatoms. The topological polar surface area (TPSA) is 58.9 Å². The van der Waals surface area contributed by atoms with Gasteiger partial charge in [-0.05, 0) is 17.7 Å². The molecule has 0 aliphatic rings. The van der Waals surface area contributed by atoms with Crippen LogP contribution in [0.15, 0.2) is 24.4 Å². The van der Waals surface area contributed by atoms with E-state index in [1.165, 1.54) is 6.07 Å². The number of hydrogen-bond donors (Lipinski definition) is 2.